The number of carbonyl (C=O) groups is 2. The molecule has 5 heteroatoms. The van der Waals surface area contributed by atoms with Gasteiger partial charge in [-0.15, -0.1) is 0 Å². The fourth-order valence-electron chi connectivity index (χ4n) is 1.79. The molecule has 0 aliphatic rings. The SMILES string of the molecule is CC(C)C(=O)C(O)(CC(=O)O)C[N+](C)(C)C. The van der Waals surface area contributed by atoms with E-state index in [9.17, 15) is 14.7 Å². The van der Waals surface area contributed by atoms with Crippen molar-refractivity contribution in [2.75, 3.05) is 27.7 Å². The van der Waals surface area contributed by atoms with Crippen molar-refractivity contribution in [2.45, 2.75) is 25.9 Å². The summed E-state index contributed by atoms with van der Waals surface area (Å²) in [6.45, 7) is 3.41. The van der Waals surface area contributed by atoms with Crippen LogP contribution in [0.5, 0.6) is 0 Å². The molecule has 0 aromatic carbocycles. The summed E-state index contributed by atoms with van der Waals surface area (Å²) in [5.41, 5.74) is -1.78. The maximum atomic E-state index is 11.9. The third-order valence-electron chi connectivity index (χ3n) is 2.16. The molecule has 0 aliphatic heterocycles. The molecule has 0 fully saturated rings. The van der Waals surface area contributed by atoms with Gasteiger partial charge in [0.2, 0.25) is 0 Å². The summed E-state index contributed by atoms with van der Waals surface area (Å²) < 4.78 is 0.336. The van der Waals surface area contributed by atoms with Gasteiger partial charge in [0.1, 0.15) is 6.54 Å². The zero-order chi connectivity index (χ0) is 13.1. The number of rotatable bonds is 6. The van der Waals surface area contributed by atoms with Crippen molar-refractivity contribution in [1.82, 2.24) is 0 Å². The first-order valence-corrected chi connectivity index (χ1v) is 5.27. The number of nitrogens with zero attached hydrogens (tertiary/aromatic N) is 1. The van der Waals surface area contributed by atoms with E-state index in [0.29, 0.717) is 4.48 Å². The molecule has 5 nitrogen and oxygen atoms in total. The average Bonchev–Trinajstić information content (AvgIpc) is 1.96. The molecule has 0 aliphatic carbocycles. The van der Waals surface area contributed by atoms with Gasteiger partial charge in [-0.3, -0.25) is 9.59 Å². The standard InChI is InChI=1S/C11H21NO4/c1-8(2)10(15)11(16,6-9(13)14)7-12(3,4)5/h8,16H,6-7H2,1-5H3/p+1. The molecule has 0 heterocycles. The van der Waals surface area contributed by atoms with E-state index in [4.69, 9.17) is 5.11 Å². The van der Waals surface area contributed by atoms with Crippen molar-refractivity contribution < 1.29 is 24.3 Å². The van der Waals surface area contributed by atoms with E-state index in [0.717, 1.165) is 0 Å². The lowest BCUT2D eigenvalue weighted by Crippen LogP contribution is -2.56. The Bertz CT molecular complexity index is 280. The lowest BCUT2D eigenvalue weighted by Gasteiger charge is -2.34. The summed E-state index contributed by atoms with van der Waals surface area (Å²) >= 11 is 0. The lowest BCUT2D eigenvalue weighted by atomic mass is 9.87. The van der Waals surface area contributed by atoms with Gasteiger partial charge in [0.05, 0.1) is 27.6 Å². The summed E-state index contributed by atoms with van der Waals surface area (Å²) in [6, 6.07) is 0. The van der Waals surface area contributed by atoms with Gasteiger partial charge in [-0.1, -0.05) is 13.8 Å². The van der Waals surface area contributed by atoms with Crippen molar-refractivity contribution in [3.8, 4) is 0 Å². The number of carboxylic acid groups (broad SMARTS) is 1. The highest BCUT2D eigenvalue weighted by molar-refractivity contribution is 5.92. The first-order valence-electron chi connectivity index (χ1n) is 5.27. The predicted octanol–water partition coefficient (Wildman–Crippen LogP) is 0.123. The molecule has 0 bridgehead atoms. The van der Waals surface area contributed by atoms with E-state index >= 15 is 0 Å². The van der Waals surface area contributed by atoms with E-state index in [1.165, 1.54) is 0 Å². The van der Waals surface area contributed by atoms with Crippen LogP contribution in [0.1, 0.15) is 20.3 Å². The Morgan fingerprint density at radius 3 is 1.94 bits per heavy atom. The third-order valence-corrected chi connectivity index (χ3v) is 2.16. The minimum atomic E-state index is -1.78. The highest BCUT2D eigenvalue weighted by Gasteiger charge is 2.43. The number of hydrogen-bond acceptors (Lipinski definition) is 3. The molecule has 1 atom stereocenters. The topological polar surface area (TPSA) is 74.6 Å². The Morgan fingerprint density at radius 2 is 1.69 bits per heavy atom. The molecule has 0 aromatic rings. The number of quaternary nitrogens is 1. The number of aliphatic carboxylic acids is 1. The number of carbonyl (C=O) groups excluding carboxylic acids is 1. The summed E-state index contributed by atoms with van der Waals surface area (Å²) in [5.74, 6) is -1.95. The summed E-state index contributed by atoms with van der Waals surface area (Å²) in [7, 11) is 5.42. The van der Waals surface area contributed by atoms with Crippen molar-refractivity contribution in [3.05, 3.63) is 0 Å². The molecule has 2 N–H and O–H groups in total. The Labute approximate surface area is 96.3 Å². The number of hydrogen-bond donors (Lipinski definition) is 2. The first kappa shape index (κ1) is 15.1. The molecular weight excluding hydrogens is 210 g/mol. The Hall–Kier alpha value is -0.940. The monoisotopic (exact) mass is 232 g/mol. The van der Waals surface area contributed by atoms with Crippen LogP contribution >= 0.6 is 0 Å². The van der Waals surface area contributed by atoms with Crippen LogP contribution in [0.25, 0.3) is 0 Å². The van der Waals surface area contributed by atoms with Crippen molar-refractivity contribution in [1.29, 1.82) is 0 Å². The number of carboxylic acids is 1. The highest BCUT2D eigenvalue weighted by Crippen LogP contribution is 2.20. The number of likely N-dealkylation sites (N-methyl/N-ethyl adjacent to an activating group) is 1. The normalized spacial score (nSPS) is 15.9. The predicted molar refractivity (Wildman–Crippen MR) is 59.9 cm³/mol. The summed E-state index contributed by atoms with van der Waals surface area (Å²) in [5, 5.41) is 19.0. The van der Waals surface area contributed by atoms with Gasteiger partial charge in [-0.05, 0) is 0 Å². The maximum Gasteiger partial charge on any atom is 0.306 e. The van der Waals surface area contributed by atoms with Crippen LogP contribution in [0, 0.1) is 5.92 Å². The summed E-state index contributed by atoms with van der Waals surface area (Å²) in [6.07, 6.45) is -0.542. The number of Topliss-reactive ketones (excluding diaryl/α,β-unsaturated/α-hetero) is 1. The van der Waals surface area contributed by atoms with Crippen molar-refractivity contribution >= 4 is 11.8 Å². The number of ketones is 1. The van der Waals surface area contributed by atoms with Crippen LogP contribution in [-0.2, 0) is 9.59 Å². The van der Waals surface area contributed by atoms with E-state index < -0.39 is 23.8 Å². The molecule has 16 heavy (non-hydrogen) atoms. The van der Waals surface area contributed by atoms with Crippen LogP contribution in [0.3, 0.4) is 0 Å². The van der Waals surface area contributed by atoms with Crippen LogP contribution in [0.2, 0.25) is 0 Å². The molecule has 0 saturated carbocycles. The fraction of sp³-hybridized carbons (Fsp3) is 0.818. The summed E-state index contributed by atoms with van der Waals surface area (Å²) in [4.78, 5) is 22.6. The van der Waals surface area contributed by atoms with E-state index in [1.54, 1.807) is 35.0 Å². The molecule has 0 amide bonds. The van der Waals surface area contributed by atoms with Gasteiger partial charge in [-0.25, -0.2) is 0 Å². The molecule has 0 saturated heterocycles. The minimum Gasteiger partial charge on any atom is -0.481 e. The molecule has 0 aromatic heterocycles. The molecule has 1 unspecified atom stereocenters. The van der Waals surface area contributed by atoms with E-state index in [2.05, 4.69) is 0 Å². The lowest BCUT2D eigenvalue weighted by molar-refractivity contribution is -0.875. The third kappa shape index (κ3) is 4.72. The van der Waals surface area contributed by atoms with Gasteiger partial charge in [0, 0.05) is 5.92 Å². The highest BCUT2D eigenvalue weighted by atomic mass is 16.4. The number of aliphatic hydroxyl groups is 1. The first-order chi connectivity index (χ1) is 6.98. The van der Waals surface area contributed by atoms with Gasteiger partial charge in [-0.2, -0.15) is 0 Å². The Kier molecular flexibility index (Phi) is 4.64. The maximum absolute atomic E-state index is 11.9. The smallest absolute Gasteiger partial charge is 0.306 e. The zero-order valence-corrected chi connectivity index (χ0v) is 10.6. The molecule has 94 valence electrons. The van der Waals surface area contributed by atoms with Gasteiger partial charge < -0.3 is 14.7 Å². The zero-order valence-electron chi connectivity index (χ0n) is 10.6. The second-order valence-electron chi connectivity index (χ2n) is 5.57. The van der Waals surface area contributed by atoms with Crippen LogP contribution in [-0.4, -0.2) is 59.7 Å². The Balaban J connectivity index is 5.03. The molecule has 0 spiro atoms. The van der Waals surface area contributed by atoms with Gasteiger partial charge in [0.15, 0.2) is 11.4 Å². The second kappa shape index (κ2) is 4.93. The van der Waals surface area contributed by atoms with Crippen LogP contribution in [0.15, 0.2) is 0 Å². The fourth-order valence-corrected chi connectivity index (χ4v) is 1.79. The van der Waals surface area contributed by atoms with Crippen molar-refractivity contribution in [3.63, 3.8) is 0 Å². The van der Waals surface area contributed by atoms with E-state index in [-0.39, 0.29) is 12.5 Å². The van der Waals surface area contributed by atoms with Gasteiger partial charge in [0.25, 0.3) is 0 Å². The minimum absolute atomic E-state index is 0.0936. The van der Waals surface area contributed by atoms with Gasteiger partial charge >= 0.3 is 5.97 Å². The quantitative estimate of drug-likeness (QED) is 0.638. The molecule has 0 radical (unpaired) electrons. The van der Waals surface area contributed by atoms with Crippen LogP contribution in [0.4, 0.5) is 0 Å². The van der Waals surface area contributed by atoms with E-state index in [1.807, 2.05) is 0 Å². The second-order valence-corrected chi connectivity index (χ2v) is 5.57. The van der Waals surface area contributed by atoms with Crippen molar-refractivity contribution in [2.24, 2.45) is 5.92 Å². The van der Waals surface area contributed by atoms with Crippen LogP contribution < -0.4 is 0 Å². The molecular formula is C11H22NO4+. The average molecular weight is 232 g/mol. The largest absolute Gasteiger partial charge is 0.481 e. The molecule has 0 rings (SSSR count). The Morgan fingerprint density at radius 1 is 1.25 bits per heavy atom.